The Balaban J connectivity index is 1.87. The highest BCUT2D eigenvalue weighted by Gasteiger charge is 2.44. The number of nitrogens with two attached hydrogens (primary N) is 1. The van der Waals surface area contributed by atoms with Crippen LogP contribution >= 0.6 is 0 Å². The van der Waals surface area contributed by atoms with Crippen molar-refractivity contribution in [3.05, 3.63) is 11.4 Å². The smallest absolute Gasteiger partial charge is 0.244 e. The van der Waals surface area contributed by atoms with Crippen LogP contribution in [0.2, 0.25) is 0 Å². The maximum absolute atomic E-state index is 12.5. The molecule has 1 aromatic heterocycles. The van der Waals surface area contributed by atoms with Gasteiger partial charge in [0, 0.05) is 12.6 Å². The number of aryl methyl sites for hydroxylation is 1. The molecule has 0 spiro atoms. The third-order valence-electron chi connectivity index (χ3n) is 3.97. The molecule has 0 bridgehead atoms. The molecular formula is C12H20N4O2S. The SMILES string of the molecule is Cc1[nH]nc(CN)c1S(=O)(=O)NC(C1CC1)C1CC1. The summed E-state index contributed by atoms with van der Waals surface area (Å²) in [4.78, 5) is 0.237. The number of aromatic amines is 1. The summed E-state index contributed by atoms with van der Waals surface area (Å²) < 4.78 is 28.0. The molecule has 0 aliphatic heterocycles. The zero-order valence-electron chi connectivity index (χ0n) is 11.0. The fourth-order valence-corrected chi connectivity index (χ4v) is 4.44. The largest absolute Gasteiger partial charge is 0.325 e. The molecule has 0 aromatic carbocycles. The van der Waals surface area contributed by atoms with Gasteiger partial charge in [-0.15, -0.1) is 0 Å². The van der Waals surface area contributed by atoms with Gasteiger partial charge in [-0.25, -0.2) is 13.1 Å². The summed E-state index contributed by atoms with van der Waals surface area (Å²) in [6.45, 7) is 1.84. The van der Waals surface area contributed by atoms with E-state index in [9.17, 15) is 8.42 Å². The van der Waals surface area contributed by atoms with E-state index < -0.39 is 10.0 Å². The van der Waals surface area contributed by atoms with Crippen molar-refractivity contribution < 1.29 is 8.42 Å². The first-order valence-electron chi connectivity index (χ1n) is 6.79. The number of hydrogen-bond donors (Lipinski definition) is 3. The molecule has 2 saturated carbocycles. The van der Waals surface area contributed by atoms with E-state index in [0.717, 1.165) is 25.7 Å². The van der Waals surface area contributed by atoms with Crippen LogP contribution in [0.25, 0.3) is 0 Å². The molecule has 3 rings (SSSR count). The standard InChI is InChI=1S/C12H20N4O2S/c1-7-12(10(6-13)15-14-7)19(17,18)16-11(8-2-3-8)9-4-5-9/h8-9,11,16H,2-6,13H2,1H3,(H,14,15). The first-order chi connectivity index (χ1) is 9.03. The second kappa shape index (κ2) is 4.57. The molecule has 0 amide bonds. The fourth-order valence-electron chi connectivity index (χ4n) is 2.69. The second-order valence-electron chi connectivity index (χ2n) is 5.65. The van der Waals surface area contributed by atoms with Crippen molar-refractivity contribution in [2.24, 2.45) is 17.6 Å². The summed E-state index contributed by atoms with van der Waals surface area (Å²) in [7, 11) is -3.52. The minimum absolute atomic E-state index is 0.102. The van der Waals surface area contributed by atoms with E-state index in [0.29, 0.717) is 23.2 Å². The van der Waals surface area contributed by atoms with Crippen LogP contribution in [0.5, 0.6) is 0 Å². The predicted molar refractivity (Wildman–Crippen MR) is 70.8 cm³/mol. The minimum atomic E-state index is -3.52. The summed E-state index contributed by atoms with van der Waals surface area (Å²) in [6, 6.07) is 0.102. The quantitative estimate of drug-likeness (QED) is 0.713. The third-order valence-corrected chi connectivity index (χ3v) is 5.64. The van der Waals surface area contributed by atoms with Gasteiger partial charge in [0.15, 0.2) is 0 Å². The highest BCUT2D eigenvalue weighted by Crippen LogP contribution is 2.45. The lowest BCUT2D eigenvalue weighted by atomic mass is 10.1. The molecular weight excluding hydrogens is 264 g/mol. The Morgan fingerprint density at radius 3 is 2.42 bits per heavy atom. The molecule has 0 radical (unpaired) electrons. The Kier molecular flexibility index (Phi) is 3.15. The van der Waals surface area contributed by atoms with E-state index in [1.807, 2.05) is 0 Å². The molecule has 2 aliphatic carbocycles. The maximum Gasteiger partial charge on any atom is 0.244 e. The Morgan fingerprint density at radius 2 is 1.95 bits per heavy atom. The second-order valence-corrected chi connectivity index (χ2v) is 7.30. The van der Waals surface area contributed by atoms with Gasteiger partial charge in [0.05, 0.1) is 11.4 Å². The number of sulfonamides is 1. The summed E-state index contributed by atoms with van der Waals surface area (Å²) in [5.41, 5.74) is 6.53. The van der Waals surface area contributed by atoms with Gasteiger partial charge in [0.1, 0.15) is 4.90 Å². The van der Waals surface area contributed by atoms with Crippen molar-refractivity contribution in [2.45, 2.75) is 50.1 Å². The van der Waals surface area contributed by atoms with Crippen molar-refractivity contribution in [1.82, 2.24) is 14.9 Å². The van der Waals surface area contributed by atoms with Crippen molar-refractivity contribution in [3.63, 3.8) is 0 Å². The first-order valence-corrected chi connectivity index (χ1v) is 8.27. The number of nitrogens with one attached hydrogen (secondary N) is 2. The molecule has 2 aliphatic rings. The number of hydrogen-bond acceptors (Lipinski definition) is 4. The van der Waals surface area contributed by atoms with Crippen molar-refractivity contribution in [3.8, 4) is 0 Å². The van der Waals surface area contributed by atoms with Gasteiger partial charge in [0.25, 0.3) is 0 Å². The Morgan fingerprint density at radius 1 is 1.37 bits per heavy atom. The summed E-state index contributed by atoms with van der Waals surface area (Å²) in [6.07, 6.45) is 4.55. The molecule has 106 valence electrons. The fraction of sp³-hybridized carbons (Fsp3) is 0.750. The van der Waals surface area contributed by atoms with Crippen LogP contribution in [-0.2, 0) is 16.6 Å². The highest BCUT2D eigenvalue weighted by atomic mass is 32.2. The van der Waals surface area contributed by atoms with Crippen LogP contribution in [0.15, 0.2) is 4.90 Å². The number of nitrogens with zero attached hydrogens (tertiary/aromatic N) is 1. The lowest BCUT2D eigenvalue weighted by molar-refractivity contribution is 0.471. The Bertz CT molecular complexity index is 561. The van der Waals surface area contributed by atoms with E-state index >= 15 is 0 Å². The summed E-state index contributed by atoms with van der Waals surface area (Å²) in [5, 5.41) is 6.67. The van der Waals surface area contributed by atoms with Gasteiger partial charge in [-0.2, -0.15) is 5.10 Å². The number of aromatic nitrogens is 2. The average molecular weight is 284 g/mol. The monoisotopic (exact) mass is 284 g/mol. The van der Waals surface area contributed by atoms with Gasteiger partial charge in [-0.1, -0.05) is 0 Å². The number of rotatable bonds is 6. The van der Waals surface area contributed by atoms with Crippen LogP contribution in [0, 0.1) is 18.8 Å². The van der Waals surface area contributed by atoms with Gasteiger partial charge in [0.2, 0.25) is 10.0 Å². The third kappa shape index (κ3) is 2.54. The minimum Gasteiger partial charge on any atom is -0.325 e. The topological polar surface area (TPSA) is 101 Å². The predicted octanol–water partition coefficient (Wildman–Crippen LogP) is 0.644. The summed E-state index contributed by atoms with van der Waals surface area (Å²) in [5.74, 6) is 1.05. The van der Waals surface area contributed by atoms with Crippen LogP contribution < -0.4 is 10.5 Å². The molecule has 19 heavy (non-hydrogen) atoms. The molecule has 2 fully saturated rings. The van der Waals surface area contributed by atoms with E-state index in [2.05, 4.69) is 14.9 Å². The van der Waals surface area contributed by atoms with Gasteiger partial charge in [-0.3, -0.25) is 5.10 Å². The molecule has 0 atom stereocenters. The molecule has 0 unspecified atom stereocenters. The summed E-state index contributed by atoms with van der Waals surface area (Å²) >= 11 is 0. The van der Waals surface area contributed by atoms with Gasteiger partial charge in [-0.05, 0) is 44.4 Å². The zero-order chi connectivity index (χ0) is 13.6. The molecule has 4 N–H and O–H groups in total. The van der Waals surface area contributed by atoms with Crippen molar-refractivity contribution in [2.75, 3.05) is 0 Å². The van der Waals surface area contributed by atoms with E-state index in [1.165, 1.54) is 0 Å². The molecule has 1 heterocycles. The Labute approximate surface area is 113 Å². The lowest BCUT2D eigenvalue weighted by Crippen LogP contribution is -2.38. The van der Waals surface area contributed by atoms with Crippen LogP contribution in [0.1, 0.15) is 37.1 Å². The van der Waals surface area contributed by atoms with Crippen molar-refractivity contribution in [1.29, 1.82) is 0 Å². The van der Waals surface area contributed by atoms with Gasteiger partial charge >= 0.3 is 0 Å². The van der Waals surface area contributed by atoms with E-state index in [1.54, 1.807) is 6.92 Å². The average Bonchev–Trinajstić information content (AvgIpc) is 3.24. The first kappa shape index (κ1) is 13.1. The zero-order valence-corrected chi connectivity index (χ0v) is 11.8. The highest BCUT2D eigenvalue weighted by molar-refractivity contribution is 7.89. The Hall–Kier alpha value is -0.920. The molecule has 6 nitrogen and oxygen atoms in total. The molecule has 7 heteroatoms. The normalized spacial score (nSPS) is 20.2. The molecule has 1 aromatic rings. The van der Waals surface area contributed by atoms with Crippen LogP contribution in [0.4, 0.5) is 0 Å². The van der Waals surface area contributed by atoms with Crippen LogP contribution in [-0.4, -0.2) is 24.7 Å². The van der Waals surface area contributed by atoms with Crippen LogP contribution in [0.3, 0.4) is 0 Å². The lowest BCUT2D eigenvalue weighted by Gasteiger charge is -2.17. The molecule has 0 saturated heterocycles. The van der Waals surface area contributed by atoms with Crippen molar-refractivity contribution >= 4 is 10.0 Å². The van der Waals surface area contributed by atoms with E-state index in [4.69, 9.17) is 5.73 Å². The van der Waals surface area contributed by atoms with E-state index in [-0.39, 0.29) is 17.5 Å². The number of H-pyrrole nitrogens is 1. The maximum atomic E-state index is 12.5. The van der Waals surface area contributed by atoms with Gasteiger partial charge < -0.3 is 5.73 Å².